The van der Waals surface area contributed by atoms with Crippen molar-refractivity contribution in [1.29, 1.82) is 0 Å². The highest BCUT2D eigenvalue weighted by Gasteiger charge is 2.06. The molecular formula is C11H12ClN5O. The molecule has 0 aliphatic heterocycles. The van der Waals surface area contributed by atoms with Crippen LogP contribution in [0.4, 0.5) is 17.6 Å². The normalized spacial score (nSPS) is 10.2. The van der Waals surface area contributed by atoms with Gasteiger partial charge in [0.1, 0.15) is 5.75 Å². The number of rotatable bonds is 3. The van der Waals surface area contributed by atoms with Crippen LogP contribution >= 0.6 is 11.6 Å². The van der Waals surface area contributed by atoms with Gasteiger partial charge >= 0.3 is 0 Å². The van der Waals surface area contributed by atoms with E-state index in [1.807, 2.05) is 25.1 Å². The first-order chi connectivity index (χ1) is 8.58. The summed E-state index contributed by atoms with van der Waals surface area (Å²) in [6, 6.07) is 5.63. The third kappa shape index (κ3) is 2.78. The summed E-state index contributed by atoms with van der Waals surface area (Å²) < 4.78 is 5.15. The summed E-state index contributed by atoms with van der Waals surface area (Å²) in [7, 11) is 1.60. The summed E-state index contributed by atoms with van der Waals surface area (Å²) in [4.78, 5) is 11.6. The van der Waals surface area contributed by atoms with E-state index in [4.69, 9.17) is 22.1 Å². The van der Waals surface area contributed by atoms with Crippen molar-refractivity contribution in [1.82, 2.24) is 15.0 Å². The van der Waals surface area contributed by atoms with Gasteiger partial charge in [-0.15, -0.1) is 0 Å². The highest BCUT2D eigenvalue weighted by Crippen LogP contribution is 2.24. The SMILES string of the molecule is COc1ccc(C)c(Nc2nc(N)nc(Cl)n2)c1. The highest BCUT2D eigenvalue weighted by molar-refractivity contribution is 6.28. The number of anilines is 3. The summed E-state index contributed by atoms with van der Waals surface area (Å²) in [5, 5.41) is 3.07. The van der Waals surface area contributed by atoms with E-state index in [9.17, 15) is 0 Å². The minimum absolute atomic E-state index is 0.0468. The number of nitrogens with one attached hydrogen (secondary N) is 1. The van der Waals surface area contributed by atoms with Gasteiger partial charge in [-0.25, -0.2) is 0 Å². The fourth-order valence-corrected chi connectivity index (χ4v) is 1.57. The Morgan fingerprint density at radius 2 is 2.06 bits per heavy atom. The fourth-order valence-electron chi connectivity index (χ4n) is 1.40. The first-order valence-electron chi connectivity index (χ1n) is 5.17. The molecule has 1 heterocycles. The zero-order chi connectivity index (χ0) is 13.1. The molecule has 0 amide bonds. The van der Waals surface area contributed by atoms with E-state index in [0.29, 0.717) is 5.95 Å². The topological polar surface area (TPSA) is 86.0 Å². The molecule has 18 heavy (non-hydrogen) atoms. The summed E-state index contributed by atoms with van der Waals surface area (Å²) in [6.07, 6.45) is 0. The summed E-state index contributed by atoms with van der Waals surface area (Å²) in [5.74, 6) is 1.10. The molecule has 0 saturated heterocycles. The molecule has 7 heteroatoms. The maximum absolute atomic E-state index is 5.71. The molecule has 0 saturated carbocycles. The second-order valence-electron chi connectivity index (χ2n) is 3.59. The van der Waals surface area contributed by atoms with Crippen LogP contribution in [-0.4, -0.2) is 22.1 Å². The highest BCUT2D eigenvalue weighted by atomic mass is 35.5. The third-order valence-electron chi connectivity index (χ3n) is 2.32. The molecule has 1 aromatic heterocycles. The Morgan fingerprint density at radius 3 is 2.72 bits per heavy atom. The summed E-state index contributed by atoms with van der Waals surface area (Å²) in [6.45, 7) is 1.95. The van der Waals surface area contributed by atoms with Crippen molar-refractivity contribution >= 4 is 29.2 Å². The number of hydrogen-bond donors (Lipinski definition) is 2. The largest absolute Gasteiger partial charge is 0.497 e. The van der Waals surface area contributed by atoms with E-state index in [-0.39, 0.29) is 11.2 Å². The zero-order valence-corrected chi connectivity index (χ0v) is 10.7. The third-order valence-corrected chi connectivity index (χ3v) is 2.49. The lowest BCUT2D eigenvalue weighted by Gasteiger charge is -2.10. The molecule has 0 atom stereocenters. The quantitative estimate of drug-likeness (QED) is 0.885. The predicted molar refractivity (Wildman–Crippen MR) is 70.3 cm³/mol. The number of aromatic nitrogens is 3. The van der Waals surface area contributed by atoms with Gasteiger partial charge in [0.05, 0.1) is 7.11 Å². The molecule has 0 aliphatic carbocycles. The smallest absolute Gasteiger partial charge is 0.233 e. The second kappa shape index (κ2) is 5.05. The Hall–Kier alpha value is -2.08. The Bertz CT molecular complexity index is 555. The van der Waals surface area contributed by atoms with Gasteiger partial charge in [-0.2, -0.15) is 15.0 Å². The van der Waals surface area contributed by atoms with Crippen LogP contribution in [0.15, 0.2) is 18.2 Å². The van der Waals surface area contributed by atoms with Crippen LogP contribution < -0.4 is 15.8 Å². The number of halogens is 1. The Balaban J connectivity index is 2.33. The van der Waals surface area contributed by atoms with Crippen molar-refractivity contribution in [3.05, 3.63) is 29.0 Å². The average molecular weight is 266 g/mol. The number of benzene rings is 1. The molecule has 6 nitrogen and oxygen atoms in total. The van der Waals surface area contributed by atoms with Gasteiger partial charge in [0.15, 0.2) is 0 Å². The summed E-state index contributed by atoms with van der Waals surface area (Å²) in [5.41, 5.74) is 7.33. The lowest BCUT2D eigenvalue weighted by atomic mass is 10.2. The van der Waals surface area contributed by atoms with Crippen LogP contribution in [0.3, 0.4) is 0 Å². The monoisotopic (exact) mass is 265 g/mol. The molecule has 0 aliphatic rings. The van der Waals surface area contributed by atoms with Crippen LogP contribution in [0.1, 0.15) is 5.56 Å². The van der Waals surface area contributed by atoms with Crippen molar-refractivity contribution in [2.45, 2.75) is 6.92 Å². The molecular weight excluding hydrogens is 254 g/mol. The standard InChI is InChI=1S/C11H12ClN5O/c1-6-3-4-7(18-2)5-8(6)14-11-16-9(12)15-10(13)17-11/h3-5H,1-2H3,(H3,13,14,15,16,17). The van der Waals surface area contributed by atoms with Crippen LogP contribution in [0.2, 0.25) is 5.28 Å². The second-order valence-corrected chi connectivity index (χ2v) is 3.93. The van der Waals surface area contributed by atoms with Gasteiger partial charge in [-0.3, -0.25) is 0 Å². The molecule has 0 radical (unpaired) electrons. The first-order valence-corrected chi connectivity index (χ1v) is 5.55. The van der Waals surface area contributed by atoms with E-state index in [0.717, 1.165) is 17.0 Å². The van der Waals surface area contributed by atoms with Crippen molar-refractivity contribution in [3.63, 3.8) is 0 Å². The molecule has 2 aromatic rings. The Labute approximate surface area is 109 Å². The van der Waals surface area contributed by atoms with Crippen molar-refractivity contribution in [2.24, 2.45) is 0 Å². The van der Waals surface area contributed by atoms with Gasteiger partial charge in [-0.1, -0.05) is 6.07 Å². The van der Waals surface area contributed by atoms with E-state index < -0.39 is 0 Å². The molecule has 0 fully saturated rings. The maximum Gasteiger partial charge on any atom is 0.233 e. The summed E-state index contributed by atoms with van der Waals surface area (Å²) >= 11 is 5.71. The van der Waals surface area contributed by atoms with E-state index >= 15 is 0 Å². The van der Waals surface area contributed by atoms with Crippen LogP contribution in [0, 0.1) is 6.92 Å². The predicted octanol–water partition coefficient (Wildman–Crippen LogP) is 2.17. The number of aryl methyl sites for hydroxylation is 1. The van der Waals surface area contributed by atoms with Crippen molar-refractivity contribution in [2.75, 3.05) is 18.2 Å². The number of nitrogens with zero attached hydrogens (tertiary/aromatic N) is 3. The van der Waals surface area contributed by atoms with Gasteiger partial charge in [-0.05, 0) is 30.2 Å². The number of nitrogens with two attached hydrogens (primary N) is 1. The van der Waals surface area contributed by atoms with Crippen molar-refractivity contribution in [3.8, 4) is 5.75 Å². The molecule has 3 N–H and O–H groups in total. The minimum Gasteiger partial charge on any atom is -0.497 e. The molecule has 0 unspecified atom stereocenters. The lowest BCUT2D eigenvalue weighted by Crippen LogP contribution is -2.04. The van der Waals surface area contributed by atoms with Gasteiger partial charge in [0, 0.05) is 11.8 Å². The van der Waals surface area contributed by atoms with Gasteiger partial charge in [0.2, 0.25) is 17.2 Å². The van der Waals surface area contributed by atoms with Crippen LogP contribution in [0.5, 0.6) is 5.75 Å². The van der Waals surface area contributed by atoms with Gasteiger partial charge < -0.3 is 15.8 Å². The number of ether oxygens (including phenoxy) is 1. The Kier molecular flexibility index (Phi) is 3.47. The maximum atomic E-state index is 5.71. The van der Waals surface area contributed by atoms with E-state index in [1.54, 1.807) is 7.11 Å². The van der Waals surface area contributed by atoms with Crippen molar-refractivity contribution < 1.29 is 4.74 Å². The van der Waals surface area contributed by atoms with Crippen LogP contribution in [-0.2, 0) is 0 Å². The minimum atomic E-state index is 0.0468. The van der Waals surface area contributed by atoms with Crippen LogP contribution in [0.25, 0.3) is 0 Å². The Morgan fingerprint density at radius 1 is 1.28 bits per heavy atom. The number of hydrogen-bond acceptors (Lipinski definition) is 6. The molecule has 94 valence electrons. The molecule has 1 aromatic carbocycles. The lowest BCUT2D eigenvalue weighted by molar-refractivity contribution is 0.415. The van der Waals surface area contributed by atoms with E-state index in [2.05, 4.69) is 20.3 Å². The molecule has 0 spiro atoms. The molecule has 0 bridgehead atoms. The average Bonchev–Trinajstić information content (AvgIpc) is 2.30. The first kappa shape index (κ1) is 12.4. The van der Waals surface area contributed by atoms with E-state index in [1.165, 1.54) is 0 Å². The number of methoxy groups -OCH3 is 1. The molecule has 2 rings (SSSR count). The zero-order valence-electron chi connectivity index (χ0n) is 9.94. The number of nitrogen functional groups attached to an aromatic ring is 1. The fraction of sp³-hybridized carbons (Fsp3) is 0.182. The van der Waals surface area contributed by atoms with Gasteiger partial charge in [0.25, 0.3) is 0 Å².